The minimum atomic E-state index is -1.02. The van der Waals surface area contributed by atoms with Gasteiger partial charge < -0.3 is 15.4 Å². The van der Waals surface area contributed by atoms with E-state index in [2.05, 4.69) is 15.6 Å². The van der Waals surface area contributed by atoms with Crippen LogP contribution in [0, 0.1) is 0 Å². The molecule has 1 aromatic heterocycles. The van der Waals surface area contributed by atoms with E-state index in [0.29, 0.717) is 6.42 Å². The summed E-state index contributed by atoms with van der Waals surface area (Å²) in [5.41, 5.74) is 0.144. The summed E-state index contributed by atoms with van der Waals surface area (Å²) in [6, 6.07) is 7.91. The van der Waals surface area contributed by atoms with Gasteiger partial charge in [-0.1, -0.05) is 18.2 Å². The Morgan fingerprint density at radius 3 is 2.48 bits per heavy atom. The highest BCUT2D eigenvalue weighted by molar-refractivity contribution is 5.92. The fourth-order valence-electron chi connectivity index (χ4n) is 2.75. The zero-order chi connectivity index (χ0) is 18.7. The van der Waals surface area contributed by atoms with Gasteiger partial charge in [0.25, 0.3) is 0 Å². The number of benzene rings is 1. The molecule has 0 radical (unpaired) electrons. The predicted molar refractivity (Wildman–Crippen MR) is 98.6 cm³/mol. The summed E-state index contributed by atoms with van der Waals surface area (Å²) in [5, 5.41) is 16.4. The first-order valence-corrected chi connectivity index (χ1v) is 8.40. The number of likely N-dealkylation sites (N-methyl/N-ethyl adjacent to an activating group) is 1. The number of rotatable bonds is 9. The van der Waals surface area contributed by atoms with Crippen molar-refractivity contribution in [2.75, 3.05) is 20.2 Å². The maximum atomic E-state index is 12.4. The maximum Gasteiger partial charge on any atom is 0.168 e. The van der Waals surface area contributed by atoms with E-state index >= 15 is 0 Å². The van der Waals surface area contributed by atoms with Gasteiger partial charge in [-0.3, -0.25) is 14.9 Å². The first kappa shape index (κ1) is 19.3. The highest BCUT2D eigenvalue weighted by atomic mass is 16.3. The van der Waals surface area contributed by atoms with Gasteiger partial charge in [0.15, 0.2) is 5.78 Å². The van der Waals surface area contributed by atoms with Crippen LogP contribution in [0.3, 0.4) is 0 Å². The molecule has 0 fully saturated rings. The second kappa shape index (κ2) is 7.47. The van der Waals surface area contributed by atoms with Gasteiger partial charge >= 0.3 is 0 Å². The van der Waals surface area contributed by atoms with Crippen molar-refractivity contribution in [2.24, 2.45) is 0 Å². The van der Waals surface area contributed by atoms with Crippen LogP contribution in [0.15, 0.2) is 30.5 Å². The number of para-hydroxylation sites is 1. The lowest BCUT2D eigenvalue weighted by atomic mass is 9.88. The Morgan fingerprint density at radius 2 is 1.88 bits per heavy atom. The van der Waals surface area contributed by atoms with Gasteiger partial charge in [0.1, 0.15) is 5.78 Å². The summed E-state index contributed by atoms with van der Waals surface area (Å²) < 4.78 is 0. The van der Waals surface area contributed by atoms with Gasteiger partial charge in [-0.15, -0.1) is 0 Å². The molecule has 6 nitrogen and oxygen atoms in total. The molecule has 0 bridgehead atoms. The van der Waals surface area contributed by atoms with Crippen LogP contribution in [0.4, 0.5) is 0 Å². The molecule has 0 aliphatic rings. The van der Waals surface area contributed by atoms with Gasteiger partial charge in [0.05, 0.1) is 24.2 Å². The molecular weight excluding hydrogens is 318 g/mol. The molecule has 25 heavy (non-hydrogen) atoms. The summed E-state index contributed by atoms with van der Waals surface area (Å²) >= 11 is 0. The fourth-order valence-corrected chi connectivity index (χ4v) is 2.75. The van der Waals surface area contributed by atoms with Crippen molar-refractivity contribution in [3.63, 3.8) is 0 Å². The second-order valence-corrected chi connectivity index (χ2v) is 6.94. The molecule has 0 spiro atoms. The molecule has 4 N–H and O–H groups in total. The normalized spacial score (nSPS) is 16.4. The Morgan fingerprint density at radius 1 is 1.20 bits per heavy atom. The highest BCUT2D eigenvalue weighted by Gasteiger charge is 2.35. The van der Waals surface area contributed by atoms with Crippen molar-refractivity contribution in [3.05, 3.63) is 36.0 Å². The number of aromatic amines is 1. The van der Waals surface area contributed by atoms with Crippen LogP contribution < -0.4 is 10.6 Å². The standard InChI is InChI=1S/C19H27N3O3/c1-13(24)18(2,22-11-17(25)19(3,12-23)20-4)9-14-10-21-16-8-6-5-7-15(14)16/h5-8,10,20-23H,9,11-12H2,1-4H3/t18-,19-/m0/s1. The highest BCUT2D eigenvalue weighted by Crippen LogP contribution is 2.23. The Bertz CT molecular complexity index is 764. The van der Waals surface area contributed by atoms with E-state index in [0.717, 1.165) is 16.5 Å². The third kappa shape index (κ3) is 3.98. The molecule has 0 aliphatic carbocycles. The van der Waals surface area contributed by atoms with Crippen molar-refractivity contribution >= 4 is 22.5 Å². The van der Waals surface area contributed by atoms with Crippen molar-refractivity contribution < 1.29 is 14.7 Å². The summed E-state index contributed by atoms with van der Waals surface area (Å²) in [7, 11) is 1.63. The van der Waals surface area contributed by atoms with E-state index in [-0.39, 0.29) is 24.7 Å². The average molecular weight is 345 g/mol. The Kier molecular flexibility index (Phi) is 5.77. The number of Topliss-reactive ketones (excluding diaryl/α,β-unsaturated/α-hetero) is 2. The molecule has 2 aromatic rings. The molecule has 0 amide bonds. The maximum absolute atomic E-state index is 12.4. The number of aromatic nitrogens is 1. The molecule has 0 saturated carbocycles. The van der Waals surface area contributed by atoms with E-state index in [1.165, 1.54) is 6.92 Å². The van der Waals surface area contributed by atoms with Crippen molar-refractivity contribution in [2.45, 2.75) is 38.3 Å². The van der Waals surface area contributed by atoms with Crippen LogP contribution >= 0.6 is 0 Å². The molecule has 2 rings (SSSR count). The minimum Gasteiger partial charge on any atom is -0.394 e. The summed E-state index contributed by atoms with van der Waals surface area (Å²) in [5.74, 6) is -0.232. The topological polar surface area (TPSA) is 94.2 Å². The first-order chi connectivity index (χ1) is 11.8. The van der Waals surface area contributed by atoms with Crippen molar-refractivity contribution in [1.29, 1.82) is 0 Å². The van der Waals surface area contributed by atoms with Gasteiger partial charge in [-0.25, -0.2) is 0 Å². The molecule has 0 saturated heterocycles. The molecule has 1 aromatic carbocycles. The molecule has 0 aliphatic heterocycles. The van der Waals surface area contributed by atoms with Crippen LogP contribution in [-0.2, 0) is 16.0 Å². The zero-order valence-electron chi connectivity index (χ0n) is 15.3. The summed E-state index contributed by atoms with van der Waals surface area (Å²) in [6.07, 6.45) is 2.37. The Balaban J connectivity index is 2.18. The van der Waals surface area contributed by atoms with E-state index in [9.17, 15) is 14.7 Å². The van der Waals surface area contributed by atoms with Gasteiger partial charge in [-0.05, 0) is 45.9 Å². The smallest absolute Gasteiger partial charge is 0.168 e. The number of carbonyl (C=O) groups is 2. The molecule has 0 unspecified atom stereocenters. The van der Waals surface area contributed by atoms with Crippen LogP contribution in [-0.4, -0.2) is 52.9 Å². The molecule has 2 atom stereocenters. The molecule has 136 valence electrons. The fraction of sp³-hybridized carbons (Fsp3) is 0.474. The SMILES string of the molecule is CN[C@@](C)(CO)C(=O)CN[C@@](C)(Cc1c[nH]c2ccccc12)C(C)=O. The number of H-pyrrole nitrogens is 1. The third-order valence-electron chi connectivity index (χ3n) is 5.12. The van der Waals surface area contributed by atoms with Crippen LogP contribution in [0.1, 0.15) is 26.3 Å². The lowest BCUT2D eigenvalue weighted by molar-refractivity contribution is -0.127. The predicted octanol–water partition coefficient (Wildman–Crippen LogP) is 1.19. The lowest BCUT2D eigenvalue weighted by Gasteiger charge is -2.31. The van der Waals surface area contributed by atoms with Crippen LogP contribution in [0.25, 0.3) is 10.9 Å². The van der Waals surface area contributed by atoms with Gasteiger partial charge in [0, 0.05) is 17.1 Å². The largest absolute Gasteiger partial charge is 0.394 e. The van der Waals surface area contributed by atoms with Gasteiger partial charge in [0.2, 0.25) is 0 Å². The average Bonchev–Trinajstić information content (AvgIpc) is 3.01. The summed E-state index contributed by atoms with van der Waals surface area (Å²) in [6.45, 7) is 4.66. The minimum absolute atomic E-state index is 0.00364. The number of hydrogen-bond donors (Lipinski definition) is 4. The molecular formula is C19H27N3O3. The van der Waals surface area contributed by atoms with Crippen LogP contribution in [0.5, 0.6) is 0 Å². The van der Waals surface area contributed by atoms with Crippen molar-refractivity contribution in [3.8, 4) is 0 Å². The Labute approximate surface area is 148 Å². The molecule has 1 heterocycles. The number of aliphatic hydroxyl groups excluding tert-OH is 1. The Hall–Kier alpha value is -2.02. The lowest BCUT2D eigenvalue weighted by Crippen LogP contribution is -2.58. The van der Waals surface area contributed by atoms with E-state index in [1.54, 1.807) is 20.9 Å². The molecule has 6 heteroatoms. The number of nitrogens with one attached hydrogen (secondary N) is 3. The van der Waals surface area contributed by atoms with Crippen LogP contribution in [0.2, 0.25) is 0 Å². The number of fused-ring (bicyclic) bond motifs is 1. The second-order valence-electron chi connectivity index (χ2n) is 6.94. The third-order valence-corrected chi connectivity index (χ3v) is 5.12. The number of aliphatic hydroxyl groups is 1. The van der Waals surface area contributed by atoms with Gasteiger partial charge in [-0.2, -0.15) is 0 Å². The quantitative estimate of drug-likeness (QED) is 0.548. The summed E-state index contributed by atoms with van der Waals surface area (Å²) in [4.78, 5) is 27.9. The van der Waals surface area contributed by atoms with E-state index in [1.807, 2.05) is 30.5 Å². The van der Waals surface area contributed by atoms with Crippen molar-refractivity contribution in [1.82, 2.24) is 15.6 Å². The first-order valence-electron chi connectivity index (χ1n) is 8.40. The number of ketones is 2. The van der Waals surface area contributed by atoms with E-state index < -0.39 is 11.1 Å². The van der Waals surface area contributed by atoms with E-state index in [4.69, 9.17) is 0 Å². The zero-order valence-corrected chi connectivity index (χ0v) is 15.3. The monoisotopic (exact) mass is 345 g/mol. The number of hydrogen-bond acceptors (Lipinski definition) is 5. The number of carbonyl (C=O) groups excluding carboxylic acids is 2.